The predicted octanol–water partition coefficient (Wildman–Crippen LogP) is 2.51. The number of benzene rings is 1. The van der Waals surface area contributed by atoms with Crippen LogP contribution in [0.1, 0.15) is 19.4 Å². The van der Waals surface area contributed by atoms with E-state index in [0.717, 1.165) is 12.1 Å². The lowest BCUT2D eigenvalue weighted by molar-refractivity contribution is 0.305. The van der Waals surface area contributed by atoms with E-state index in [-0.39, 0.29) is 5.82 Å². The van der Waals surface area contributed by atoms with E-state index in [4.69, 9.17) is 4.74 Å². The Morgan fingerprint density at radius 1 is 1.40 bits per heavy atom. The largest absolute Gasteiger partial charge is 0.492 e. The highest BCUT2D eigenvalue weighted by Crippen LogP contribution is 2.18. The summed E-state index contributed by atoms with van der Waals surface area (Å²) in [5.74, 6) is 0.368. The first-order valence-corrected chi connectivity index (χ1v) is 5.22. The van der Waals surface area contributed by atoms with Gasteiger partial charge in [-0.2, -0.15) is 0 Å². The normalized spacial score (nSPS) is 10.7. The van der Waals surface area contributed by atoms with E-state index in [1.54, 1.807) is 6.07 Å². The zero-order valence-electron chi connectivity index (χ0n) is 9.51. The van der Waals surface area contributed by atoms with Crippen LogP contribution < -0.4 is 10.1 Å². The van der Waals surface area contributed by atoms with Gasteiger partial charge in [0, 0.05) is 18.7 Å². The van der Waals surface area contributed by atoms with E-state index in [0.29, 0.717) is 18.4 Å². The van der Waals surface area contributed by atoms with Crippen molar-refractivity contribution in [2.45, 2.75) is 26.8 Å². The van der Waals surface area contributed by atoms with Crippen LogP contribution in [0, 0.1) is 12.7 Å². The van der Waals surface area contributed by atoms with Gasteiger partial charge in [0.2, 0.25) is 0 Å². The summed E-state index contributed by atoms with van der Waals surface area (Å²) in [7, 11) is 0. The summed E-state index contributed by atoms with van der Waals surface area (Å²) in [5.41, 5.74) is 0.959. The minimum Gasteiger partial charge on any atom is -0.492 e. The van der Waals surface area contributed by atoms with Crippen molar-refractivity contribution in [3.05, 3.63) is 29.6 Å². The van der Waals surface area contributed by atoms with Gasteiger partial charge in [-0.25, -0.2) is 4.39 Å². The van der Waals surface area contributed by atoms with Gasteiger partial charge >= 0.3 is 0 Å². The maximum absolute atomic E-state index is 12.9. The molecule has 0 atom stereocenters. The highest BCUT2D eigenvalue weighted by Gasteiger charge is 2.01. The smallest absolute Gasteiger partial charge is 0.126 e. The molecule has 15 heavy (non-hydrogen) atoms. The minimum atomic E-state index is -0.257. The second-order valence-electron chi connectivity index (χ2n) is 3.87. The molecule has 2 nitrogen and oxygen atoms in total. The van der Waals surface area contributed by atoms with E-state index in [9.17, 15) is 4.39 Å². The van der Waals surface area contributed by atoms with Gasteiger partial charge in [0.25, 0.3) is 0 Å². The molecule has 0 bridgehead atoms. The molecule has 1 rings (SSSR count). The Hall–Kier alpha value is -1.09. The average Bonchev–Trinajstić information content (AvgIpc) is 2.17. The molecule has 3 heteroatoms. The highest BCUT2D eigenvalue weighted by molar-refractivity contribution is 5.32. The number of rotatable bonds is 5. The monoisotopic (exact) mass is 211 g/mol. The standard InChI is InChI=1S/C12H18FNO/c1-9(2)14-6-7-15-12-8-11(13)5-4-10(12)3/h4-5,8-9,14H,6-7H2,1-3H3. The van der Waals surface area contributed by atoms with E-state index in [1.165, 1.54) is 12.1 Å². The molecule has 0 saturated heterocycles. The lowest BCUT2D eigenvalue weighted by Gasteiger charge is -2.11. The molecule has 0 aliphatic rings. The molecule has 1 aromatic carbocycles. The third kappa shape index (κ3) is 4.30. The molecular weight excluding hydrogens is 193 g/mol. The number of hydrogen-bond acceptors (Lipinski definition) is 2. The number of aryl methyl sites for hydroxylation is 1. The SMILES string of the molecule is Cc1ccc(F)cc1OCCNC(C)C. The van der Waals surface area contributed by atoms with Crippen LogP contribution in [0.5, 0.6) is 5.75 Å². The molecule has 0 fully saturated rings. The first-order chi connectivity index (χ1) is 7.09. The summed E-state index contributed by atoms with van der Waals surface area (Å²) in [6, 6.07) is 5.03. The summed E-state index contributed by atoms with van der Waals surface area (Å²) in [6.45, 7) is 7.39. The van der Waals surface area contributed by atoms with Crippen LogP contribution in [-0.2, 0) is 0 Å². The second-order valence-corrected chi connectivity index (χ2v) is 3.87. The molecule has 84 valence electrons. The molecule has 0 radical (unpaired) electrons. The highest BCUT2D eigenvalue weighted by atomic mass is 19.1. The number of halogens is 1. The molecule has 0 unspecified atom stereocenters. The van der Waals surface area contributed by atoms with Crippen molar-refractivity contribution in [3.8, 4) is 5.75 Å². The Kier molecular flexibility index (Phi) is 4.56. The topological polar surface area (TPSA) is 21.3 Å². The molecule has 1 N–H and O–H groups in total. The fourth-order valence-corrected chi connectivity index (χ4v) is 1.24. The summed E-state index contributed by atoms with van der Waals surface area (Å²) in [6.07, 6.45) is 0. The van der Waals surface area contributed by atoms with Crippen LogP contribution >= 0.6 is 0 Å². The molecule has 0 aliphatic carbocycles. The van der Waals surface area contributed by atoms with Gasteiger partial charge in [0.05, 0.1) is 0 Å². The van der Waals surface area contributed by atoms with Crippen LogP contribution in [0.15, 0.2) is 18.2 Å². The molecule has 0 heterocycles. The van der Waals surface area contributed by atoms with Crippen molar-refractivity contribution in [1.82, 2.24) is 5.32 Å². The quantitative estimate of drug-likeness (QED) is 0.756. The van der Waals surface area contributed by atoms with Crippen LogP contribution in [0.25, 0.3) is 0 Å². The Bertz CT molecular complexity index is 312. The summed E-state index contributed by atoms with van der Waals surface area (Å²) in [4.78, 5) is 0. The Labute approximate surface area is 90.4 Å². The van der Waals surface area contributed by atoms with Crippen LogP contribution in [0.3, 0.4) is 0 Å². The van der Waals surface area contributed by atoms with Crippen LogP contribution in [0.2, 0.25) is 0 Å². The molecule has 0 saturated carbocycles. The fourth-order valence-electron chi connectivity index (χ4n) is 1.24. The predicted molar refractivity (Wildman–Crippen MR) is 59.8 cm³/mol. The van der Waals surface area contributed by atoms with Crippen molar-refractivity contribution in [3.63, 3.8) is 0 Å². The van der Waals surface area contributed by atoms with Gasteiger partial charge < -0.3 is 10.1 Å². The van der Waals surface area contributed by atoms with Crippen molar-refractivity contribution in [1.29, 1.82) is 0 Å². The Morgan fingerprint density at radius 3 is 2.80 bits per heavy atom. The number of hydrogen-bond donors (Lipinski definition) is 1. The lowest BCUT2D eigenvalue weighted by Crippen LogP contribution is -2.27. The molecule has 0 amide bonds. The molecule has 0 spiro atoms. The van der Waals surface area contributed by atoms with Gasteiger partial charge in [-0.3, -0.25) is 0 Å². The van der Waals surface area contributed by atoms with E-state index < -0.39 is 0 Å². The summed E-state index contributed by atoms with van der Waals surface area (Å²) >= 11 is 0. The Balaban J connectivity index is 2.40. The van der Waals surface area contributed by atoms with Gasteiger partial charge in [0.1, 0.15) is 18.2 Å². The van der Waals surface area contributed by atoms with Crippen LogP contribution in [0.4, 0.5) is 4.39 Å². The maximum Gasteiger partial charge on any atom is 0.126 e. The summed E-state index contributed by atoms with van der Waals surface area (Å²) in [5, 5.41) is 3.23. The molecular formula is C12H18FNO. The van der Waals surface area contributed by atoms with Gasteiger partial charge in [-0.05, 0) is 18.6 Å². The first kappa shape index (κ1) is 12.0. The average molecular weight is 211 g/mol. The van der Waals surface area contributed by atoms with Crippen LogP contribution in [-0.4, -0.2) is 19.2 Å². The van der Waals surface area contributed by atoms with Gasteiger partial charge in [-0.1, -0.05) is 19.9 Å². The fraction of sp³-hybridized carbons (Fsp3) is 0.500. The molecule has 0 aromatic heterocycles. The lowest BCUT2D eigenvalue weighted by atomic mass is 10.2. The van der Waals surface area contributed by atoms with E-state index >= 15 is 0 Å². The number of nitrogens with one attached hydrogen (secondary N) is 1. The third-order valence-corrected chi connectivity index (χ3v) is 2.06. The molecule has 1 aromatic rings. The van der Waals surface area contributed by atoms with Crippen molar-refractivity contribution in [2.75, 3.05) is 13.2 Å². The zero-order chi connectivity index (χ0) is 11.3. The maximum atomic E-state index is 12.9. The van der Waals surface area contributed by atoms with E-state index in [2.05, 4.69) is 19.2 Å². The first-order valence-electron chi connectivity index (χ1n) is 5.22. The minimum absolute atomic E-state index is 0.257. The second kappa shape index (κ2) is 5.71. The zero-order valence-corrected chi connectivity index (χ0v) is 9.51. The van der Waals surface area contributed by atoms with Crippen molar-refractivity contribution >= 4 is 0 Å². The van der Waals surface area contributed by atoms with Gasteiger partial charge in [0.15, 0.2) is 0 Å². The summed E-state index contributed by atoms with van der Waals surface area (Å²) < 4.78 is 18.4. The van der Waals surface area contributed by atoms with Crippen molar-refractivity contribution in [2.24, 2.45) is 0 Å². The number of ether oxygens (including phenoxy) is 1. The third-order valence-electron chi connectivity index (χ3n) is 2.06. The molecule has 0 aliphatic heterocycles. The van der Waals surface area contributed by atoms with Crippen molar-refractivity contribution < 1.29 is 9.13 Å². The Morgan fingerprint density at radius 2 is 2.13 bits per heavy atom. The van der Waals surface area contributed by atoms with Gasteiger partial charge in [-0.15, -0.1) is 0 Å². The van der Waals surface area contributed by atoms with E-state index in [1.807, 2.05) is 6.92 Å².